The van der Waals surface area contributed by atoms with Crippen LogP contribution in [0.3, 0.4) is 0 Å². The van der Waals surface area contributed by atoms with Gasteiger partial charge in [0.15, 0.2) is 0 Å². The minimum atomic E-state index is 0.401. The van der Waals surface area contributed by atoms with Gasteiger partial charge in [-0.15, -0.1) is 0 Å². The summed E-state index contributed by atoms with van der Waals surface area (Å²) in [5.74, 6) is 1.34. The van der Waals surface area contributed by atoms with Crippen molar-refractivity contribution in [2.24, 2.45) is 13.0 Å². The first-order valence-corrected chi connectivity index (χ1v) is 9.46. The Bertz CT molecular complexity index is 809. The highest BCUT2D eigenvalue weighted by Gasteiger charge is 2.32. The van der Waals surface area contributed by atoms with Crippen LogP contribution in [-0.2, 0) is 13.6 Å². The summed E-state index contributed by atoms with van der Waals surface area (Å²) in [5.41, 5.74) is 3.04. The van der Waals surface area contributed by atoms with Crippen molar-refractivity contribution in [2.45, 2.75) is 25.4 Å². The lowest BCUT2D eigenvalue weighted by Gasteiger charge is -2.40. The Balaban J connectivity index is 1.72. The molecule has 1 aliphatic heterocycles. The molecular weight excluding hydrogens is 338 g/mol. The SMILES string of the molecule is COc1cc(C#N)ccc1CN(C)C[C@@H]1CCCN(C)[C@H]1c1cnn(C)c1. The maximum Gasteiger partial charge on any atom is 0.124 e. The largest absolute Gasteiger partial charge is 0.496 e. The number of hydrogen-bond acceptors (Lipinski definition) is 5. The van der Waals surface area contributed by atoms with Crippen LogP contribution < -0.4 is 4.74 Å². The average Bonchev–Trinajstić information content (AvgIpc) is 3.08. The number of likely N-dealkylation sites (tertiary alicyclic amines) is 1. The van der Waals surface area contributed by atoms with Crippen molar-refractivity contribution in [3.05, 3.63) is 47.3 Å². The standard InChI is InChI=1S/C21H29N5O/c1-24(13-17-8-7-16(11-22)10-20(17)27-4)14-18-6-5-9-25(2)21(18)19-12-23-26(3)15-19/h7-8,10,12,15,18,21H,5-6,9,13-14H2,1-4H3/t18-,21+/m0/s1. The number of piperidine rings is 1. The van der Waals surface area contributed by atoms with Gasteiger partial charge in [0.2, 0.25) is 0 Å². The van der Waals surface area contributed by atoms with Gasteiger partial charge < -0.3 is 9.64 Å². The van der Waals surface area contributed by atoms with Crippen LogP contribution >= 0.6 is 0 Å². The highest BCUT2D eigenvalue weighted by Crippen LogP contribution is 2.35. The number of benzene rings is 1. The van der Waals surface area contributed by atoms with Crippen LogP contribution in [0, 0.1) is 17.2 Å². The summed E-state index contributed by atoms with van der Waals surface area (Å²) in [7, 11) is 8.01. The van der Waals surface area contributed by atoms with Gasteiger partial charge >= 0.3 is 0 Å². The second kappa shape index (κ2) is 8.55. The summed E-state index contributed by atoms with van der Waals surface area (Å²) >= 11 is 0. The number of nitriles is 1. The van der Waals surface area contributed by atoms with Gasteiger partial charge in [-0.1, -0.05) is 6.07 Å². The van der Waals surface area contributed by atoms with E-state index in [1.165, 1.54) is 18.4 Å². The Kier molecular flexibility index (Phi) is 6.15. The molecule has 0 saturated carbocycles. The molecule has 6 heteroatoms. The van der Waals surface area contributed by atoms with Crippen molar-refractivity contribution in [3.63, 3.8) is 0 Å². The molecule has 0 unspecified atom stereocenters. The van der Waals surface area contributed by atoms with Gasteiger partial charge in [0, 0.05) is 43.5 Å². The second-order valence-electron chi connectivity index (χ2n) is 7.61. The zero-order valence-corrected chi connectivity index (χ0v) is 16.7. The fraction of sp³-hybridized carbons (Fsp3) is 0.524. The van der Waals surface area contributed by atoms with Crippen LogP contribution in [0.1, 0.15) is 35.6 Å². The van der Waals surface area contributed by atoms with Crippen molar-refractivity contribution in [2.75, 3.05) is 34.3 Å². The number of nitrogens with zero attached hydrogens (tertiary/aromatic N) is 5. The molecule has 27 heavy (non-hydrogen) atoms. The molecule has 0 radical (unpaired) electrons. The van der Waals surface area contributed by atoms with Crippen LogP contribution in [-0.4, -0.2) is 53.9 Å². The first-order valence-electron chi connectivity index (χ1n) is 9.46. The monoisotopic (exact) mass is 367 g/mol. The Labute approximate surface area is 161 Å². The van der Waals surface area contributed by atoms with Gasteiger partial charge in [0.05, 0.1) is 24.9 Å². The Morgan fingerprint density at radius 2 is 2.19 bits per heavy atom. The molecule has 2 heterocycles. The quantitative estimate of drug-likeness (QED) is 0.786. The lowest BCUT2D eigenvalue weighted by molar-refractivity contribution is 0.0923. The van der Waals surface area contributed by atoms with Gasteiger partial charge in [-0.3, -0.25) is 9.58 Å². The van der Waals surface area contributed by atoms with Crippen molar-refractivity contribution in [1.82, 2.24) is 19.6 Å². The molecule has 0 spiro atoms. The fourth-order valence-electron chi connectivity index (χ4n) is 4.27. The van der Waals surface area contributed by atoms with Crippen LogP contribution in [0.4, 0.5) is 0 Å². The van der Waals surface area contributed by atoms with Crippen molar-refractivity contribution in [3.8, 4) is 11.8 Å². The maximum atomic E-state index is 9.08. The van der Waals surface area contributed by atoms with Gasteiger partial charge in [-0.25, -0.2) is 0 Å². The summed E-state index contributed by atoms with van der Waals surface area (Å²) in [6.45, 7) is 2.94. The number of rotatable bonds is 6. The first-order chi connectivity index (χ1) is 13.0. The maximum absolute atomic E-state index is 9.08. The predicted octanol–water partition coefficient (Wildman–Crippen LogP) is 2.82. The molecule has 1 aromatic carbocycles. The molecule has 6 nitrogen and oxygen atoms in total. The van der Waals surface area contributed by atoms with E-state index in [2.05, 4.69) is 41.3 Å². The molecule has 1 aliphatic rings. The smallest absolute Gasteiger partial charge is 0.124 e. The second-order valence-corrected chi connectivity index (χ2v) is 7.61. The molecule has 2 aromatic rings. The molecule has 1 saturated heterocycles. The van der Waals surface area contributed by atoms with Crippen LogP contribution in [0.5, 0.6) is 5.75 Å². The Hall–Kier alpha value is -2.36. The van der Waals surface area contributed by atoms with Gasteiger partial charge in [0.25, 0.3) is 0 Å². The average molecular weight is 367 g/mol. The molecule has 144 valence electrons. The summed E-state index contributed by atoms with van der Waals surface area (Å²) < 4.78 is 7.38. The van der Waals surface area contributed by atoms with E-state index < -0.39 is 0 Å². The number of aryl methyl sites for hydroxylation is 1. The molecule has 1 fully saturated rings. The lowest BCUT2D eigenvalue weighted by atomic mass is 9.85. The van der Waals surface area contributed by atoms with E-state index in [1.54, 1.807) is 7.11 Å². The van der Waals surface area contributed by atoms with E-state index in [0.717, 1.165) is 30.9 Å². The highest BCUT2D eigenvalue weighted by molar-refractivity contribution is 5.42. The molecule has 0 amide bonds. The third kappa shape index (κ3) is 4.49. The Morgan fingerprint density at radius 1 is 1.37 bits per heavy atom. The number of aromatic nitrogens is 2. The predicted molar refractivity (Wildman–Crippen MR) is 105 cm³/mol. The molecule has 0 N–H and O–H groups in total. The number of hydrogen-bond donors (Lipinski definition) is 0. The zero-order chi connectivity index (χ0) is 19.4. The van der Waals surface area contributed by atoms with Crippen molar-refractivity contribution in [1.29, 1.82) is 5.26 Å². The molecule has 0 aliphatic carbocycles. The normalized spacial score (nSPS) is 20.6. The van der Waals surface area contributed by atoms with E-state index in [1.807, 2.05) is 36.1 Å². The third-order valence-electron chi connectivity index (χ3n) is 5.48. The van der Waals surface area contributed by atoms with E-state index in [4.69, 9.17) is 10.00 Å². The number of methoxy groups -OCH3 is 1. The topological polar surface area (TPSA) is 57.3 Å². The van der Waals surface area contributed by atoms with Crippen LogP contribution in [0.15, 0.2) is 30.6 Å². The van der Waals surface area contributed by atoms with Gasteiger partial charge in [-0.05, 0) is 51.5 Å². The zero-order valence-electron chi connectivity index (χ0n) is 16.7. The summed E-state index contributed by atoms with van der Waals surface area (Å²) in [6.07, 6.45) is 6.59. The van der Waals surface area contributed by atoms with E-state index in [9.17, 15) is 0 Å². The number of ether oxygens (including phenoxy) is 1. The summed E-state index contributed by atoms with van der Waals surface area (Å²) in [6, 6.07) is 8.25. The van der Waals surface area contributed by atoms with E-state index in [-0.39, 0.29) is 0 Å². The van der Waals surface area contributed by atoms with Crippen LogP contribution in [0.25, 0.3) is 0 Å². The summed E-state index contributed by atoms with van der Waals surface area (Å²) in [4.78, 5) is 4.82. The highest BCUT2D eigenvalue weighted by atomic mass is 16.5. The summed E-state index contributed by atoms with van der Waals surface area (Å²) in [5, 5.41) is 13.5. The van der Waals surface area contributed by atoms with E-state index in [0.29, 0.717) is 17.5 Å². The van der Waals surface area contributed by atoms with Gasteiger partial charge in [0.1, 0.15) is 5.75 Å². The first kappa shape index (κ1) is 19.4. The van der Waals surface area contributed by atoms with Crippen LogP contribution in [0.2, 0.25) is 0 Å². The van der Waals surface area contributed by atoms with Gasteiger partial charge in [-0.2, -0.15) is 10.4 Å². The minimum Gasteiger partial charge on any atom is -0.496 e. The molecule has 2 atom stereocenters. The molecule has 1 aromatic heterocycles. The van der Waals surface area contributed by atoms with Crippen molar-refractivity contribution < 1.29 is 4.74 Å². The lowest BCUT2D eigenvalue weighted by Crippen LogP contribution is -2.40. The molecule has 0 bridgehead atoms. The van der Waals surface area contributed by atoms with Crippen molar-refractivity contribution >= 4 is 0 Å². The third-order valence-corrected chi connectivity index (χ3v) is 5.48. The Morgan fingerprint density at radius 3 is 2.85 bits per heavy atom. The molecular formula is C21H29N5O. The minimum absolute atomic E-state index is 0.401. The molecule has 3 rings (SSSR count). The fourth-order valence-corrected chi connectivity index (χ4v) is 4.27. The van der Waals surface area contributed by atoms with E-state index >= 15 is 0 Å².